The number of amides is 5. The number of ether oxygens (including phenoxy) is 1. The number of hydrogen-bond donors (Lipinski definition) is 2. The fourth-order valence-corrected chi connectivity index (χ4v) is 6.42. The number of aromatic nitrogens is 1. The molecule has 2 aliphatic rings. The Bertz CT molecular complexity index is 1730. The summed E-state index contributed by atoms with van der Waals surface area (Å²) in [5, 5.41) is 4.06. The Labute approximate surface area is 268 Å². The molecule has 0 saturated carbocycles. The fraction of sp³-hybridized carbons (Fsp3) is 0.333. The number of alkyl carbamates (subject to hydrolysis) is 1. The van der Waals surface area contributed by atoms with Crippen LogP contribution in [0.15, 0.2) is 91.1 Å². The van der Waals surface area contributed by atoms with Gasteiger partial charge in [0.1, 0.15) is 11.6 Å². The van der Waals surface area contributed by atoms with Gasteiger partial charge in [0.15, 0.2) is 0 Å². The van der Waals surface area contributed by atoms with E-state index < -0.39 is 41.8 Å². The number of H-pyrrole nitrogens is 1. The summed E-state index contributed by atoms with van der Waals surface area (Å²) in [7, 11) is 0. The number of rotatable bonds is 8. The SMILES string of the molecule is CC(C)(C)OC(=O)N[C@@H](Cc1c[nH]c2ccccc12)[C@H]1CN(Cc2ccccc2)C(=O)[C@@H]2CC(=O)N(Cc3ccccc3)C(=O)N12. The fourth-order valence-electron chi connectivity index (χ4n) is 6.42. The van der Waals surface area contributed by atoms with Gasteiger partial charge in [-0.3, -0.25) is 14.5 Å². The number of para-hydroxylation sites is 1. The molecule has 2 aliphatic heterocycles. The van der Waals surface area contributed by atoms with Gasteiger partial charge in [0.2, 0.25) is 11.8 Å². The van der Waals surface area contributed by atoms with Crippen molar-refractivity contribution in [1.82, 2.24) is 25.0 Å². The summed E-state index contributed by atoms with van der Waals surface area (Å²) in [6.07, 6.45) is 1.49. The maximum atomic E-state index is 14.3. The molecule has 3 aromatic carbocycles. The highest BCUT2D eigenvalue weighted by atomic mass is 16.6. The second-order valence-electron chi connectivity index (χ2n) is 13.0. The van der Waals surface area contributed by atoms with Crippen LogP contribution in [-0.4, -0.2) is 73.9 Å². The zero-order valence-electron chi connectivity index (χ0n) is 26.3. The number of urea groups is 1. The van der Waals surface area contributed by atoms with Crippen LogP contribution in [-0.2, 0) is 33.8 Å². The number of piperazine rings is 1. The van der Waals surface area contributed by atoms with Gasteiger partial charge in [-0.25, -0.2) is 9.59 Å². The smallest absolute Gasteiger partial charge is 0.407 e. The highest BCUT2D eigenvalue weighted by Gasteiger charge is 2.52. The number of aromatic amines is 1. The molecule has 4 aromatic rings. The van der Waals surface area contributed by atoms with Crippen molar-refractivity contribution in [3.8, 4) is 0 Å². The van der Waals surface area contributed by atoms with Gasteiger partial charge < -0.3 is 24.8 Å². The minimum absolute atomic E-state index is 0.0863. The zero-order chi connectivity index (χ0) is 32.4. The molecule has 0 aliphatic carbocycles. The van der Waals surface area contributed by atoms with Gasteiger partial charge in [0.25, 0.3) is 0 Å². The molecular formula is C36H39N5O5. The molecule has 3 atom stereocenters. The Hall–Kier alpha value is -5.12. The molecule has 10 heteroatoms. The molecule has 238 valence electrons. The topological polar surface area (TPSA) is 115 Å². The van der Waals surface area contributed by atoms with E-state index in [9.17, 15) is 19.2 Å². The van der Waals surface area contributed by atoms with Gasteiger partial charge in [0.05, 0.1) is 25.0 Å². The normalized spacial score (nSPS) is 19.3. The van der Waals surface area contributed by atoms with E-state index >= 15 is 0 Å². The van der Waals surface area contributed by atoms with Crippen LogP contribution >= 0.6 is 0 Å². The van der Waals surface area contributed by atoms with Crippen LogP contribution in [0.3, 0.4) is 0 Å². The molecule has 10 nitrogen and oxygen atoms in total. The summed E-state index contributed by atoms with van der Waals surface area (Å²) in [4.78, 5) is 63.0. The van der Waals surface area contributed by atoms with Gasteiger partial charge in [0, 0.05) is 30.2 Å². The third kappa shape index (κ3) is 6.61. The number of carbonyl (C=O) groups is 4. The number of fused-ring (bicyclic) bond motifs is 2. The lowest BCUT2D eigenvalue weighted by atomic mass is 9.91. The molecular weight excluding hydrogens is 582 g/mol. The Morgan fingerprint density at radius 1 is 0.913 bits per heavy atom. The van der Waals surface area contributed by atoms with Gasteiger partial charge in [-0.15, -0.1) is 0 Å². The minimum atomic E-state index is -1.000. The molecule has 0 radical (unpaired) electrons. The lowest BCUT2D eigenvalue weighted by Gasteiger charge is -2.51. The van der Waals surface area contributed by atoms with Crippen molar-refractivity contribution in [2.75, 3.05) is 6.54 Å². The predicted molar refractivity (Wildman–Crippen MR) is 173 cm³/mol. The Kier molecular flexibility index (Phi) is 8.53. The van der Waals surface area contributed by atoms with Crippen molar-refractivity contribution in [3.05, 3.63) is 108 Å². The highest BCUT2D eigenvalue weighted by Crippen LogP contribution is 2.32. The van der Waals surface area contributed by atoms with E-state index in [1.54, 1.807) is 25.7 Å². The van der Waals surface area contributed by atoms with Crippen LogP contribution in [0.1, 0.15) is 43.9 Å². The average molecular weight is 622 g/mol. The number of benzene rings is 3. The second kappa shape index (κ2) is 12.7. The quantitative estimate of drug-likeness (QED) is 0.279. The van der Waals surface area contributed by atoms with Crippen molar-refractivity contribution in [2.24, 2.45) is 0 Å². The van der Waals surface area contributed by atoms with Crippen LogP contribution < -0.4 is 5.32 Å². The van der Waals surface area contributed by atoms with Crippen molar-refractivity contribution >= 4 is 34.8 Å². The Morgan fingerprint density at radius 3 is 2.22 bits per heavy atom. The van der Waals surface area contributed by atoms with Crippen LogP contribution in [0.5, 0.6) is 0 Å². The lowest BCUT2D eigenvalue weighted by Crippen LogP contribution is -2.73. The molecule has 1 aromatic heterocycles. The van der Waals surface area contributed by atoms with Gasteiger partial charge in [-0.1, -0.05) is 78.9 Å². The van der Waals surface area contributed by atoms with Crippen LogP contribution in [0.4, 0.5) is 9.59 Å². The first-order valence-electron chi connectivity index (χ1n) is 15.6. The third-order valence-corrected chi connectivity index (χ3v) is 8.50. The van der Waals surface area contributed by atoms with Gasteiger partial charge in [-0.05, 0) is 49.9 Å². The molecule has 2 fully saturated rings. The number of nitrogens with one attached hydrogen (secondary N) is 2. The average Bonchev–Trinajstić information content (AvgIpc) is 3.43. The minimum Gasteiger partial charge on any atom is -0.444 e. The van der Waals surface area contributed by atoms with E-state index in [0.29, 0.717) is 13.0 Å². The maximum absolute atomic E-state index is 14.3. The standard InChI is InChI=1S/C36H39N5O5/c1-36(2,3)46-34(44)38-29(18-26-20-37-28-17-11-10-16-27(26)28)31-23-39(21-24-12-6-4-7-13-24)33(43)30-19-32(42)40(35(45)41(30)31)22-25-14-8-5-9-15-25/h4-17,20,29-31,37H,18-19,21-23H2,1-3H3,(H,38,44)/t29-,30-,31+/m0/s1. The molecule has 2 saturated heterocycles. The van der Waals surface area contributed by atoms with Crippen LogP contribution in [0, 0.1) is 0 Å². The zero-order valence-corrected chi connectivity index (χ0v) is 26.3. The van der Waals surface area contributed by atoms with E-state index in [1.807, 2.05) is 91.1 Å². The summed E-state index contributed by atoms with van der Waals surface area (Å²) in [6.45, 7) is 5.93. The number of hydrogen-bond acceptors (Lipinski definition) is 5. The molecule has 5 amide bonds. The molecule has 0 spiro atoms. The van der Waals surface area contributed by atoms with Crippen LogP contribution in [0.2, 0.25) is 0 Å². The largest absolute Gasteiger partial charge is 0.444 e. The summed E-state index contributed by atoms with van der Waals surface area (Å²) in [6, 6.07) is 23.9. The second-order valence-corrected chi connectivity index (χ2v) is 13.0. The predicted octanol–water partition coefficient (Wildman–Crippen LogP) is 5.24. The summed E-state index contributed by atoms with van der Waals surface area (Å²) in [5.74, 6) is -0.693. The van der Waals surface area contributed by atoms with Gasteiger partial charge >= 0.3 is 12.1 Å². The first-order valence-corrected chi connectivity index (χ1v) is 15.6. The monoisotopic (exact) mass is 621 g/mol. The molecule has 3 heterocycles. The van der Waals surface area contributed by atoms with Crippen LogP contribution in [0.25, 0.3) is 10.9 Å². The van der Waals surface area contributed by atoms with Crippen molar-refractivity contribution in [1.29, 1.82) is 0 Å². The van der Waals surface area contributed by atoms with Gasteiger partial charge in [-0.2, -0.15) is 0 Å². The number of nitrogens with zero attached hydrogens (tertiary/aromatic N) is 3. The van der Waals surface area contributed by atoms with Crippen molar-refractivity contribution in [2.45, 2.75) is 70.4 Å². The Morgan fingerprint density at radius 2 is 1.54 bits per heavy atom. The van der Waals surface area contributed by atoms with Crippen molar-refractivity contribution in [3.63, 3.8) is 0 Å². The molecule has 0 unspecified atom stereocenters. The maximum Gasteiger partial charge on any atom is 0.407 e. The Balaban J connectivity index is 1.40. The van der Waals surface area contributed by atoms with E-state index in [2.05, 4.69) is 10.3 Å². The first kappa shape index (κ1) is 30.9. The van der Waals surface area contributed by atoms with Crippen molar-refractivity contribution < 1.29 is 23.9 Å². The third-order valence-electron chi connectivity index (χ3n) is 8.50. The summed E-state index contributed by atoms with van der Waals surface area (Å²) in [5.41, 5.74) is 2.87. The lowest BCUT2D eigenvalue weighted by molar-refractivity contribution is -0.153. The summed E-state index contributed by atoms with van der Waals surface area (Å²) >= 11 is 0. The van der Waals surface area contributed by atoms with E-state index in [1.165, 1.54) is 9.80 Å². The van der Waals surface area contributed by atoms with E-state index in [0.717, 1.165) is 27.6 Å². The van der Waals surface area contributed by atoms with E-state index in [-0.39, 0.29) is 25.4 Å². The molecule has 2 N–H and O–H groups in total. The number of carbonyl (C=O) groups excluding carboxylic acids is 4. The van der Waals surface area contributed by atoms with E-state index in [4.69, 9.17) is 4.74 Å². The molecule has 6 rings (SSSR count). The highest BCUT2D eigenvalue weighted by molar-refractivity contribution is 6.03. The summed E-state index contributed by atoms with van der Waals surface area (Å²) < 4.78 is 5.68. The molecule has 46 heavy (non-hydrogen) atoms. The number of imide groups is 1. The first-order chi connectivity index (χ1) is 22.1. The molecule has 0 bridgehead atoms.